The summed E-state index contributed by atoms with van der Waals surface area (Å²) < 4.78 is 0. The van der Waals surface area contributed by atoms with Crippen molar-refractivity contribution >= 4 is 11.6 Å². The van der Waals surface area contributed by atoms with Gasteiger partial charge in [-0.1, -0.05) is 26.0 Å². The Labute approximate surface area is 124 Å². The van der Waals surface area contributed by atoms with Crippen LogP contribution in [0.25, 0.3) is 0 Å². The number of hydrogen-bond donors (Lipinski definition) is 3. The number of aromatic nitrogens is 2. The van der Waals surface area contributed by atoms with E-state index in [0.29, 0.717) is 18.2 Å². The summed E-state index contributed by atoms with van der Waals surface area (Å²) in [5, 5.41) is 13.3. The van der Waals surface area contributed by atoms with Crippen molar-refractivity contribution in [3.63, 3.8) is 0 Å². The van der Waals surface area contributed by atoms with Crippen LogP contribution in [0, 0.1) is 0 Å². The van der Waals surface area contributed by atoms with E-state index in [2.05, 4.69) is 34.7 Å². The molecular weight excluding hydrogens is 264 g/mol. The van der Waals surface area contributed by atoms with Crippen molar-refractivity contribution in [1.29, 1.82) is 0 Å². The maximum Gasteiger partial charge on any atom is 0.276 e. The number of aromatic amines is 1. The third kappa shape index (κ3) is 2.83. The molecule has 1 aliphatic rings. The summed E-state index contributed by atoms with van der Waals surface area (Å²) in [5.41, 5.74) is 4.59. The lowest BCUT2D eigenvalue weighted by Gasteiger charge is -2.13. The minimum Gasteiger partial charge on any atom is -0.321 e. The summed E-state index contributed by atoms with van der Waals surface area (Å²) in [6.07, 6.45) is 0.888. The molecule has 1 aromatic heterocycles. The zero-order valence-corrected chi connectivity index (χ0v) is 12.4. The van der Waals surface area contributed by atoms with Gasteiger partial charge < -0.3 is 10.6 Å². The largest absolute Gasteiger partial charge is 0.321 e. The highest BCUT2D eigenvalue weighted by molar-refractivity contribution is 6.04. The second kappa shape index (κ2) is 5.69. The molecule has 1 amide bonds. The van der Waals surface area contributed by atoms with Crippen molar-refractivity contribution in [2.45, 2.75) is 32.7 Å². The molecule has 0 fully saturated rings. The Kier molecular flexibility index (Phi) is 3.75. The maximum absolute atomic E-state index is 12.3. The van der Waals surface area contributed by atoms with Crippen LogP contribution in [-0.4, -0.2) is 22.6 Å². The zero-order chi connectivity index (χ0) is 14.8. The molecule has 0 saturated carbocycles. The van der Waals surface area contributed by atoms with E-state index in [1.54, 1.807) is 0 Å². The minimum absolute atomic E-state index is 0.159. The number of nitrogens with zero attached hydrogens (tertiary/aromatic N) is 1. The van der Waals surface area contributed by atoms with Crippen molar-refractivity contribution in [3.8, 4) is 0 Å². The van der Waals surface area contributed by atoms with Gasteiger partial charge in [0.2, 0.25) is 0 Å². The molecule has 0 atom stereocenters. The average Bonchev–Trinajstić information content (AvgIpc) is 2.92. The first-order valence-electron chi connectivity index (χ1n) is 7.33. The van der Waals surface area contributed by atoms with E-state index in [1.807, 2.05) is 24.3 Å². The summed E-state index contributed by atoms with van der Waals surface area (Å²) >= 11 is 0. The predicted octanol–water partition coefficient (Wildman–Crippen LogP) is 2.43. The van der Waals surface area contributed by atoms with E-state index in [1.165, 1.54) is 5.56 Å². The standard InChI is InChI=1S/C16H20N4O/c1-10(2)11-3-5-12(6-4-11)18-16(21)15-13-9-17-8-7-14(13)19-20-15/h3-6,10,17H,7-9H2,1-2H3,(H,18,21)(H,19,20). The number of hydrogen-bond acceptors (Lipinski definition) is 3. The van der Waals surface area contributed by atoms with Gasteiger partial charge in [-0.25, -0.2) is 0 Å². The Morgan fingerprint density at radius 2 is 2.05 bits per heavy atom. The second-order valence-electron chi connectivity index (χ2n) is 5.69. The first kappa shape index (κ1) is 13.8. The van der Waals surface area contributed by atoms with Gasteiger partial charge in [-0.3, -0.25) is 9.89 Å². The zero-order valence-electron chi connectivity index (χ0n) is 12.4. The van der Waals surface area contributed by atoms with Gasteiger partial charge in [0.1, 0.15) is 0 Å². The number of benzene rings is 1. The fourth-order valence-electron chi connectivity index (χ4n) is 2.55. The van der Waals surface area contributed by atoms with E-state index >= 15 is 0 Å². The van der Waals surface area contributed by atoms with Gasteiger partial charge in [-0.2, -0.15) is 5.10 Å². The van der Waals surface area contributed by atoms with Crippen molar-refractivity contribution in [1.82, 2.24) is 15.5 Å². The lowest BCUT2D eigenvalue weighted by atomic mass is 10.0. The Bertz CT molecular complexity index is 643. The van der Waals surface area contributed by atoms with Crippen LogP contribution in [0.4, 0.5) is 5.69 Å². The highest BCUT2D eigenvalue weighted by atomic mass is 16.1. The lowest BCUT2D eigenvalue weighted by molar-refractivity contribution is 0.102. The molecule has 5 heteroatoms. The van der Waals surface area contributed by atoms with Gasteiger partial charge in [-0.05, 0) is 23.6 Å². The molecule has 21 heavy (non-hydrogen) atoms. The van der Waals surface area contributed by atoms with Crippen LogP contribution in [0.2, 0.25) is 0 Å². The number of nitrogens with one attached hydrogen (secondary N) is 3. The SMILES string of the molecule is CC(C)c1ccc(NC(=O)c2n[nH]c3c2CNCC3)cc1. The van der Waals surface area contributed by atoms with Gasteiger partial charge in [0.15, 0.2) is 5.69 Å². The number of fused-ring (bicyclic) bond motifs is 1. The van der Waals surface area contributed by atoms with Crippen molar-refractivity contribution in [2.75, 3.05) is 11.9 Å². The van der Waals surface area contributed by atoms with E-state index in [9.17, 15) is 4.79 Å². The van der Waals surface area contributed by atoms with E-state index in [0.717, 1.165) is 29.9 Å². The molecule has 3 rings (SSSR count). The van der Waals surface area contributed by atoms with Gasteiger partial charge in [0.25, 0.3) is 5.91 Å². The van der Waals surface area contributed by atoms with Crippen LogP contribution in [-0.2, 0) is 13.0 Å². The lowest BCUT2D eigenvalue weighted by Crippen LogP contribution is -2.25. The third-order valence-electron chi connectivity index (χ3n) is 3.86. The first-order chi connectivity index (χ1) is 10.1. The number of H-pyrrole nitrogens is 1. The molecule has 0 spiro atoms. The Morgan fingerprint density at radius 3 is 2.76 bits per heavy atom. The number of carbonyl (C=O) groups is 1. The molecule has 1 aromatic carbocycles. The van der Waals surface area contributed by atoms with Crippen molar-refractivity contribution in [2.24, 2.45) is 0 Å². The molecule has 2 heterocycles. The Morgan fingerprint density at radius 1 is 1.29 bits per heavy atom. The van der Waals surface area contributed by atoms with Crippen molar-refractivity contribution < 1.29 is 4.79 Å². The average molecular weight is 284 g/mol. The van der Waals surface area contributed by atoms with Gasteiger partial charge in [0.05, 0.1) is 0 Å². The topological polar surface area (TPSA) is 69.8 Å². The fourth-order valence-corrected chi connectivity index (χ4v) is 2.55. The summed E-state index contributed by atoms with van der Waals surface area (Å²) in [6.45, 7) is 5.92. The quantitative estimate of drug-likeness (QED) is 0.810. The summed E-state index contributed by atoms with van der Waals surface area (Å²) in [6, 6.07) is 7.96. The number of carbonyl (C=O) groups excluding carboxylic acids is 1. The molecule has 0 saturated heterocycles. The minimum atomic E-state index is -0.159. The van der Waals surface area contributed by atoms with Crippen LogP contribution >= 0.6 is 0 Å². The molecule has 2 aromatic rings. The van der Waals surface area contributed by atoms with Crippen LogP contribution < -0.4 is 10.6 Å². The molecule has 3 N–H and O–H groups in total. The highest BCUT2D eigenvalue weighted by Crippen LogP contribution is 2.19. The fraction of sp³-hybridized carbons (Fsp3) is 0.375. The van der Waals surface area contributed by atoms with Crippen LogP contribution in [0.1, 0.15) is 47.1 Å². The van der Waals surface area contributed by atoms with Gasteiger partial charge >= 0.3 is 0 Å². The van der Waals surface area contributed by atoms with E-state index < -0.39 is 0 Å². The smallest absolute Gasteiger partial charge is 0.276 e. The molecule has 110 valence electrons. The summed E-state index contributed by atoms with van der Waals surface area (Å²) in [7, 11) is 0. The molecule has 0 unspecified atom stereocenters. The molecule has 0 radical (unpaired) electrons. The Hall–Kier alpha value is -2.14. The molecule has 5 nitrogen and oxygen atoms in total. The Balaban J connectivity index is 1.75. The normalized spacial score (nSPS) is 14.0. The van der Waals surface area contributed by atoms with Crippen LogP contribution in [0.3, 0.4) is 0 Å². The maximum atomic E-state index is 12.3. The monoisotopic (exact) mass is 284 g/mol. The van der Waals surface area contributed by atoms with Gasteiger partial charge in [-0.15, -0.1) is 0 Å². The first-order valence-corrected chi connectivity index (χ1v) is 7.33. The molecule has 0 aliphatic carbocycles. The highest BCUT2D eigenvalue weighted by Gasteiger charge is 2.21. The van der Waals surface area contributed by atoms with Crippen LogP contribution in [0.15, 0.2) is 24.3 Å². The molecule has 1 aliphatic heterocycles. The van der Waals surface area contributed by atoms with Crippen LogP contribution in [0.5, 0.6) is 0 Å². The molecule has 0 bridgehead atoms. The van der Waals surface area contributed by atoms with Gasteiger partial charge in [0, 0.05) is 36.5 Å². The summed E-state index contributed by atoms with van der Waals surface area (Å²) in [5.74, 6) is 0.327. The predicted molar refractivity (Wildman–Crippen MR) is 82.5 cm³/mol. The van der Waals surface area contributed by atoms with E-state index in [4.69, 9.17) is 0 Å². The third-order valence-corrected chi connectivity index (χ3v) is 3.86. The van der Waals surface area contributed by atoms with E-state index in [-0.39, 0.29) is 5.91 Å². The number of amides is 1. The van der Waals surface area contributed by atoms with Crippen molar-refractivity contribution in [3.05, 3.63) is 46.8 Å². The number of rotatable bonds is 3. The summed E-state index contributed by atoms with van der Waals surface area (Å²) in [4.78, 5) is 12.3. The number of anilines is 1. The molecular formula is C16H20N4O. The second-order valence-corrected chi connectivity index (χ2v) is 5.69.